The third kappa shape index (κ3) is 7.26. The number of pyridine rings is 1. The topological polar surface area (TPSA) is 90.1 Å². The maximum absolute atomic E-state index is 11.3. The Hall–Kier alpha value is -1.62. The van der Waals surface area contributed by atoms with Crippen molar-refractivity contribution in [2.24, 2.45) is 16.6 Å². The van der Waals surface area contributed by atoms with Crippen molar-refractivity contribution < 1.29 is 4.79 Å². The van der Waals surface area contributed by atoms with Crippen LogP contribution in [0.15, 0.2) is 23.3 Å². The number of hydrogen-bond acceptors (Lipinski definition) is 5. The lowest BCUT2D eigenvalue weighted by atomic mass is 9.95. The zero-order chi connectivity index (χ0) is 20.6. The van der Waals surface area contributed by atoms with E-state index in [9.17, 15) is 4.79 Å². The van der Waals surface area contributed by atoms with E-state index < -0.39 is 0 Å². The number of amides is 1. The molecule has 0 aromatic carbocycles. The van der Waals surface area contributed by atoms with Crippen molar-refractivity contribution in [2.45, 2.75) is 32.7 Å². The Morgan fingerprint density at radius 2 is 2.07 bits per heavy atom. The van der Waals surface area contributed by atoms with E-state index in [4.69, 9.17) is 10.7 Å². The molecule has 2 saturated heterocycles. The number of rotatable bonds is 6. The average Bonchev–Trinajstić information content (AvgIpc) is 2.71. The summed E-state index contributed by atoms with van der Waals surface area (Å²) in [6, 6.07) is 4.20. The van der Waals surface area contributed by atoms with Crippen LogP contribution < -0.4 is 16.0 Å². The molecule has 0 aliphatic carbocycles. The number of primary amides is 1. The van der Waals surface area contributed by atoms with Crippen LogP contribution >= 0.6 is 24.0 Å². The monoisotopic (exact) mass is 529 g/mol. The number of halogens is 1. The van der Waals surface area contributed by atoms with Gasteiger partial charge in [-0.1, -0.05) is 0 Å². The zero-order valence-electron chi connectivity index (χ0n) is 18.2. The predicted molar refractivity (Wildman–Crippen MR) is 132 cm³/mol. The fraction of sp³-hybridized carbons (Fsp3) is 0.667. The van der Waals surface area contributed by atoms with Gasteiger partial charge in [0.15, 0.2) is 5.96 Å². The van der Waals surface area contributed by atoms with Crippen molar-refractivity contribution >= 4 is 41.7 Å². The van der Waals surface area contributed by atoms with Gasteiger partial charge in [0, 0.05) is 58.4 Å². The lowest BCUT2D eigenvalue weighted by Crippen LogP contribution is -2.47. The summed E-state index contributed by atoms with van der Waals surface area (Å²) in [4.78, 5) is 27.7. The zero-order valence-corrected chi connectivity index (χ0v) is 20.5. The van der Waals surface area contributed by atoms with Crippen molar-refractivity contribution in [3.63, 3.8) is 0 Å². The second kappa shape index (κ2) is 12.3. The molecule has 3 rings (SSSR count). The second-order valence-corrected chi connectivity index (χ2v) is 8.11. The number of aromatic nitrogens is 1. The molecule has 168 valence electrons. The molecule has 2 fully saturated rings. The number of nitrogens with two attached hydrogens (primary N) is 1. The van der Waals surface area contributed by atoms with Crippen LogP contribution in [0.5, 0.6) is 0 Å². The van der Waals surface area contributed by atoms with Gasteiger partial charge in [0.2, 0.25) is 5.91 Å². The van der Waals surface area contributed by atoms with Gasteiger partial charge >= 0.3 is 0 Å². The molecule has 0 spiro atoms. The quantitative estimate of drug-likeness (QED) is 0.330. The minimum Gasteiger partial charge on any atom is -0.370 e. The van der Waals surface area contributed by atoms with E-state index in [0.29, 0.717) is 18.9 Å². The van der Waals surface area contributed by atoms with Gasteiger partial charge in [0.05, 0.1) is 6.54 Å². The third-order valence-corrected chi connectivity index (χ3v) is 5.69. The summed E-state index contributed by atoms with van der Waals surface area (Å²) in [5.41, 5.74) is 6.57. The van der Waals surface area contributed by atoms with Gasteiger partial charge in [0.1, 0.15) is 5.82 Å². The van der Waals surface area contributed by atoms with Crippen LogP contribution in [0.25, 0.3) is 0 Å². The summed E-state index contributed by atoms with van der Waals surface area (Å²) in [5, 5.41) is 3.41. The molecule has 30 heavy (non-hydrogen) atoms. The maximum Gasteiger partial charge on any atom is 0.217 e. The molecule has 2 aliphatic rings. The Morgan fingerprint density at radius 1 is 1.30 bits per heavy atom. The summed E-state index contributed by atoms with van der Waals surface area (Å²) >= 11 is 0. The first-order valence-electron chi connectivity index (χ1n) is 10.7. The number of likely N-dealkylation sites (N-methyl/N-ethyl adjacent to an activating group) is 1. The van der Waals surface area contributed by atoms with Gasteiger partial charge in [-0.3, -0.25) is 4.79 Å². The van der Waals surface area contributed by atoms with E-state index in [1.807, 2.05) is 12.3 Å². The molecule has 2 aliphatic heterocycles. The van der Waals surface area contributed by atoms with Gasteiger partial charge in [-0.25, -0.2) is 9.98 Å². The summed E-state index contributed by atoms with van der Waals surface area (Å²) in [5.74, 6) is 2.05. The minimum atomic E-state index is -0.216. The summed E-state index contributed by atoms with van der Waals surface area (Å²) in [7, 11) is 2.16. The first kappa shape index (κ1) is 24.6. The van der Waals surface area contributed by atoms with E-state index in [2.05, 4.69) is 45.0 Å². The highest BCUT2D eigenvalue weighted by Crippen LogP contribution is 2.20. The molecule has 3 N–H and O–H groups in total. The van der Waals surface area contributed by atoms with Crippen molar-refractivity contribution in [1.29, 1.82) is 0 Å². The number of likely N-dealkylation sites (tertiary alicyclic amines) is 1. The highest BCUT2D eigenvalue weighted by Gasteiger charge is 2.23. The number of nitrogens with zero attached hydrogens (tertiary/aromatic N) is 5. The van der Waals surface area contributed by atoms with Crippen LogP contribution in [0.3, 0.4) is 0 Å². The van der Waals surface area contributed by atoms with Crippen molar-refractivity contribution in [2.75, 3.05) is 57.8 Å². The van der Waals surface area contributed by atoms with Crippen molar-refractivity contribution in [3.05, 3.63) is 23.9 Å². The standard InChI is InChI=1S/C21H35N7O.HI/c1-3-23-21(28-8-4-5-18(16-28)13-19(22)29)25-15-17-6-7-24-20(14-17)27-11-9-26(2)10-12-27;/h6-7,14,18H,3-5,8-13,15-16H2,1-2H3,(H2,22,29)(H,23,25);1H. The summed E-state index contributed by atoms with van der Waals surface area (Å²) in [6.07, 6.45) is 4.45. The number of hydrogen-bond donors (Lipinski definition) is 2. The van der Waals surface area contributed by atoms with Gasteiger partial charge in [0.25, 0.3) is 0 Å². The van der Waals surface area contributed by atoms with Gasteiger partial charge in [-0.2, -0.15) is 0 Å². The SMILES string of the molecule is CCNC(=NCc1ccnc(N2CCN(C)CC2)c1)N1CCCC(CC(N)=O)C1.I. The van der Waals surface area contributed by atoms with E-state index in [1.165, 1.54) is 0 Å². The van der Waals surface area contributed by atoms with E-state index in [1.54, 1.807) is 0 Å². The lowest BCUT2D eigenvalue weighted by molar-refractivity contribution is -0.119. The normalized spacial score (nSPS) is 20.6. The van der Waals surface area contributed by atoms with Crippen LogP contribution in [0.1, 0.15) is 31.7 Å². The van der Waals surface area contributed by atoms with Crippen LogP contribution in [0.4, 0.5) is 5.82 Å². The predicted octanol–water partition coefficient (Wildman–Crippen LogP) is 1.50. The minimum absolute atomic E-state index is 0. The third-order valence-electron chi connectivity index (χ3n) is 5.69. The molecule has 1 amide bonds. The van der Waals surface area contributed by atoms with Crippen LogP contribution in [-0.4, -0.2) is 79.5 Å². The molecule has 1 atom stereocenters. The molecule has 1 aromatic heterocycles. The smallest absolute Gasteiger partial charge is 0.217 e. The van der Waals surface area contributed by atoms with E-state index in [-0.39, 0.29) is 29.9 Å². The largest absolute Gasteiger partial charge is 0.370 e. The lowest BCUT2D eigenvalue weighted by Gasteiger charge is -2.34. The number of piperazine rings is 1. The number of piperidine rings is 1. The molecule has 8 nitrogen and oxygen atoms in total. The Morgan fingerprint density at radius 3 is 2.77 bits per heavy atom. The second-order valence-electron chi connectivity index (χ2n) is 8.11. The number of anilines is 1. The molecule has 9 heteroatoms. The molecule has 0 saturated carbocycles. The van der Waals surface area contributed by atoms with Crippen molar-refractivity contribution in [3.8, 4) is 0 Å². The first-order valence-corrected chi connectivity index (χ1v) is 10.7. The summed E-state index contributed by atoms with van der Waals surface area (Å²) < 4.78 is 0. The molecule has 1 unspecified atom stereocenters. The Kier molecular flexibility index (Phi) is 10.1. The molecular formula is C21H36IN7O. The van der Waals surface area contributed by atoms with Gasteiger partial charge in [-0.15, -0.1) is 24.0 Å². The number of aliphatic imine (C=N–C) groups is 1. The van der Waals surface area contributed by atoms with Gasteiger partial charge < -0.3 is 25.8 Å². The van der Waals surface area contributed by atoms with E-state index in [0.717, 1.165) is 76.0 Å². The van der Waals surface area contributed by atoms with Crippen LogP contribution in [0.2, 0.25) is 0 Å². The molecule has 3 heterocycles. The highest BCUT2D eigenvalue weighted by atomic mass is 127. The van der Waals surface area contributed by atoms with Crippen LogP contribution in [-0.2, 0) is 11.3 Å². The van der Waals surface area contributed by atoms with Crippen LogP contribution in [0, 0.1) is 5.92 Å². The number of carbonyl (C=O) groups excluding carboxylic acids is 1. The van der Waals surface area contributed by atoms with E-state index >= 15 is 0 Å². The molecular weight excluding hydrogens is 493 g/mol. The maximum atomic E-state index is 11.3. The van der Waals surface area contributed by atoms with Crippen molar-refractivity contribution in [1.82, 2.24) is 20.1 Å². The molecule has 0 bridgehead atoms. The number of guanidine groups is 1. The Balaban J connectivity index is 0.00000320. The van der Waals surface area contributed by atoms with Gasteiger partial charge in [-0.05, 0) is 50.4 Å². The Labute approximate surface area is 197 Å². The fourth-order valence-corrected chi connectivity index (χ4v) is 4.07. The molecule has 0 radical (unpaired) electrons. The molecule has 1 aromatic rings. The summed E-state index contributed by atoms with van der Waals surface area (Å²) in [6.45, 7) is 9.45. The fourth-order valence-electron chi connectivity index (χ4n) is 4.07. The number of nitrogens with one attached hydrogen (secondary N) is 1. The highest BCUT2D eigenvalue weighted by molar-refractivity contribution is 14.0. The average molecular weight is 529 g/mol. The number of carbonyl (C=O) groups is 1. The first-order chi connectivity index (χ1) is 14.0. The Bertz CT molecular complexity index is 706.